The van der Waals surface area contributed by atoms with Gasteiger partial charge >= 0.3 is 35.7 Å². The van der Waals surface area contributed by atoms with Crippen LogP contribution in [0.2, 0.25) is 0 Å². The fourth-order valence-electron chi connectivity index (χ4n) is 0.923. The molecule has 0 aromatic heterocycles. The fourth-order valence-corrected chi connectivity index (χ4v) is 1.40. The molecule has 0 saturated carbocycles. The van der Waals surface area contributed by atoms with Crippen molar-refractivity contribution in [2.45, 2.75) is 11.8 Å². The number of carbonyl (C=O) groups excluding carboxylic acids is 1. The van der Waals surface area contributed by atoms with Gasteiger partial charge in [-0.25, -0.2) is 4.79 Å². The molecule has 6 nitrogen and oxygen atoms in total. The summed E-state index contributed by atoms with van der Waals surface area (Å²) in [5, 5.41) is 0. The summed E-state index contributed by atoms with van der Waals surface area (Å²) in [5.74, 6) is 0.130. The van der Waals surface area contributed by atoms with Crippen molar-refractivity contribution in [1.82, 2.24) is 0 Å². The van der Waals surface area contributed by atoms with Gasteiger partial charge in [0.15, 0.2) is 0 Å². The first-order chi connectivity index (χ1) is 7.43. The second kappa shape index (κ2) is 6.97. The summed E-state index contributed by atoms with van der Waals surface area (Å²) >= 11 is 0. The predicted molar refractivity (Wildman–Crippen MR) is 55.0 cm³/mol. The number of hydrogen-bond acceptors (Lipinski definition) is 5. The standard InChI is InChI=1S/C9H10O6S.Na.H/c1-2-14-9(10)15-7-3-5-8(6-4-7)16(11,12)13;;/h3-6H,2H2,1H3,(H,11,12,13);;/q;+1;-1. The maximum atomic E-state index is 10.9. The van der Waals surface area contributed by atoms with Gasteiger partial charge in [0.2, 0.25) is 0 Å². The number of hydrogen-bond donors (Lipinski definition) is 1. The van der Waals surface area contributed by atoms with Crippen molar-refractivity contribution >= 4 is 16.3 Å². The van der Waals surface area contributed by atoms with Gasteiger partial charge in [-0.1, -0.05) is 0 Å². The van der Waals surface area contributed by atoms with E-state index >= 15 is 0 Å². The normalized spacial score (nSPS) is 10.2. The third kappa shape index (κ3) is 5.51. The van der Waals surface area contributed by atoms with Gasteiger partial charge in [-0.15, -0.1) is 0 Å². The molecule has 0 spiro atoms. The van der Waals surface area contributed by atoms with E-state index in [0.29, 0.717) is 0 Å². The van der Waals surface area contributed by atoms with Crippen molar-refractivity contribution in [2.24, 2.45) is 0 Å². The first-order valence-electron chi connectivity index (χ1n) is 4.35. The van der Waals surface area contributed by atoms with E-state index < -0.39 is 16.3 Å². The van der Waals surface area contributed by atoms with Gasteiger partial charge in [0.05, 0.1) is 11.5 Å². The van der Waals surface area contributed by atoms with Gasteiger partial charge in [-0.05, 0) is 31.2 Å². The Balaban J connectivity index is 0. The zero-order chi connectivity index (χ0) is 12.2. The maximum absolute atomic E-state index is 10.9. The van der Waals surface area contributed by atoms with Gasteiger partial charge in [0, 0.05) is 0 Å². The average molecular weight is 270 g/mol. The minimum Gasteiger partial charge on any atom is -1.00 e. The molecule has 0 radical (unpaired) electrons. The summed E-state index contributed by atoms with van der Waals surface area (Å²) in [7, 11) is -4.23. The number of ether oxygens (including phenoxy) is 2. The minimum absolute atomic E-state index is 0. The number of benzene rings is 1. The molecule has 0 bridgehead atoms. The van der Waals surface area contributed by atoms with Crippen LogP contribution in [0.5, 0.6) is 5.75 Å². The Morgan fingerprint density at radius 1 is 1.35 bits per heavy atom. The van der Waals surface area contributed by atoms with Crippen molar-refractivity contribution in [3.63, 3.8) is 0 Å². The van der Waals surface area contributed by atoms with Crippen LogP contribution < -0.4 is 34.3 Å². The molecule has 0 fully saturated rings. The summed E-state index contributed by atoms with van der Waals surface area (Å²) in [6.07, 6.45) is -0.873. The molecule has 0 saturated heterocycles. The van der Waals surface area contributed by atoms with Crippen molar-refractivity contribution in [3.05, 3.63) is 24.3 Å². The molecule has 17 heavy (non-hydrogen) atoms. The summed E-state index contributed by atoms with van der Waals surface area (Å²) in [6.45, 7) is 1.81. The third-order valence-corrected chi connectivity index (χ3v) is 2.45. The van der Waals surface area contributed by atoms with Crippen molar-refractivity contribution in [3.8, 4) is 5.75 Å². The van der Waals surface area contributed by atoms with E-state index in [9.17, 15) is 13.2 Å². The molecule has 0 aliphatic rings. The van der Waals surface area contributed by atoms with E-state index in [2.05, 4.69) is 9.47 Å². The zero-order valence-corrected chi connectivity index (χ0v) is 12.2. The topological polar surface area (TPSA) is 89.9 Å². The van der Waals surface area contributed by atoms with Gasteiger partial charge in [0.1, 0.15) is 5.75 Å². The van der Waals surface area contributed by atoms with Crippen LogP contribution in [0.25, 0.3) is 0 Å². The molecule has 0 aliphatic carbocycles. The Hall–Kier alpha value is -0.600. The van der Waals surface area contributed by atoms with E-state index in [1.165, 1.54) is 12.1 Å². The summed E-state index contributed by atoms with van der Waals surface area (Å²) in [4.78, 5) is 10.6. The SMILES string of the molecule is CCOC(=O)Oc1ccc(S(=O)(=O)O)cc1.[H-].[Na+]. The summed E-state index contributed by atoms with van der Waals surface area (Å²) < 4.78 is 39.3. The molecule has 0 amide bonds. The average Bonchev–Trinajstić information content (AvgIpc) is 2.17. The Morgan fingerprint density at radius 2 is 1.88 bits per heavy atom. The molecule has 1 rings (SSSR count). The van der Waals surface area contributed by atoms with E-state index in [4.69, 9.17) is 4.55 Å². The Kier molecular flexibility index (Phi) is 6.73. The van der Waals surface area contributed by atoms with Crippen LogP contribution in [0.4, 0.5) is 4.79 Å². The Labute approximate surface area is 122 Å². The molecule has 0 atom stereocenters. The van der Waals surface area contributed by atoms with Crippen molar-refractivity contribution in [1.29, 1.82) is 0 Å². The first-order valence-corrected chi connectivity index (χ1v) is 5.79. The van der Waals surface area contributed by atoms with Crippen LogP contribution in [0.1, 0.15) is 8.35 Å². The fraction of sp³-hybridized carbons (Fsp3) is 0.222. The van der Waals surface area contributed by atoms with Crippen LogP contribution in [0.15, 0.2) is 29.2 Å². The molecule has 0 heterocycles. The van der Waals surface area contributed by atoms with Crippen LogP contribution in [0.3, 0.4) is 0 Å². The van der Waals surface area contributed by atoms with Crippen LogP contribution in [-0.4, -0.2) is 25.7 Å². The minimum atomic E-state index is -4.23. The van der Waals surface area contributed by atoms with Crippen molar-refractivity contribution in [2.75, 3.05) is 6.61 Å². The van der Waals surface area contributed by atoms with E-state index in [0.717, 1.165) is 12.1 Å². The third-order valence-electron chi connectivity index (χ3n) is 1.58. The monoisotopic (exact) mass is 270 g/mol. The van der Waals surface area contributed by atoms with E-state index in [1.807, 2.05) is 0 Å². The van der Waals surface area contributed by atoms with Gasteiger partial charge < -0.3 is 10.9 Å². The van der Waals surface area contributed by atoms with Crippen LogP contribution >= 0.6 is 0 Å². The maximum Gasteiger partial charge on any atom is 1.00 e. The molecular formula is C9H11NaO6S. The largest absolute Gasteiger partial charge is 1.00 e. The zero-order valence-electron chi connectivity index (χ0n) is 10.4. The van der Waals surface area contributed by atoms with Crippen LogP contribution in [-0.2, 0) is 14.9 Å². The predicted octanol–water partition coefficient (Wildman–Crippen LogP) is -1.41. The number of carbonyl (C=O) groups is 1. The molecular weight excluding hydrogens is 259 g/mol. The van der Waals surface area contributed by atoms with Gasteiger partial charge in [-0.2, -0.15) is 8.42 Å². The molecule has 1 aromatic carbocycles. The van der Waals surface area contributed by atoms with Gasteiger partial charge in [-0.3, -0.25) is 4.55 Å². The van der Waals surface area contributed by atoms with Gasteiger partial charge in [0.25, 0.3) is 10.1 Å². The Bertz CT molecular complexity index is 472. The quantitative estimate of drug-likeness (QED) is 0.314. The van der Waals surface area contributed by atoms with Crippen LogP contribution in [0, 0.1) is 0 Å². The molecule has 90 valence electrons. The van der Waals surface area contributed by atoms with E-state index in [-0.39, 0.29) is 48.2 Å². The Morgan fingerprint density at radius 3 is 2.29 bits per heavy atom. The smallest absolute Gasteiger partial charge is 1.00 e. The van der Waals surface area contributed by atoms with Crippen molar-refractivity contribution < 1.29 is 58.2 Å². The molecule has 8 heteroatoms. The molecule has 0 unspecified atom stereocenters. The first kappa shape index (κ1) is 16.4. The van der Waals surface area contributed by atoms with E-state index in [1.54, 1.807) is 6.92 Å². The summed E-state index contributed by atoms with van der Waals surface area (Å²) in [6, 6.07) is 4.70. The molecule has 1 aromatic rings. The molecule has 1 N–H and O–H groups in total. The molecule has 0 aliphatic heterocycles. The summed E-state index contributed by atoms with van der Waals surface area (Å²) in [5.41, 5.74) is 0. The second-order valence-electron chi connectivity index (χ2n) is 2.73. The number of rotatable bonds is 3. The second-order valence-corrected chi connectivity index (χ2v) is 4.15.